The Kier molecular flexibility index (Phi) is 10.5. The molecule has 10 heteroatoms. The van der Waals surface area contributed by atoms with Gasteiger partial charge in [0, 0.05) is 39.8 Å². The van der Waals surface area contributed by atoms with E-state index in [9.17, 15) is 18.4 Å². The van der Waals surface area contributed by atoms with Crippen LogP contribution in [0.25, 0.3) is 17.3 Å². The van der Waals surface area contributed by atoms with E-state index in [0.29, 0.717) is 24.7 Å². The van der Waals surface area contributed by atoms with Crippen LogP contribution in [0, 0.1) is 11.6 Å². The molecule has 202 valence electrons. The van der Waals surface area contributed by atoms with Gasteiger partial charge in [-0.15, -0.1) is 11.3 Å². The van der Waals surface area contributed by atoms with Crippen LogP contribution in [-0.4, -0.2) is 35.7 Å². The van der Waals surface area contributed by atoms with E-state index < -0.39 is 29.1 Å². The van der Waals surface area contributed by atoms with Gasteiger partial charge in [-0.3, -0.25) is 10.1 Å². The summed E-state index contributed by atoms with van der Waals surface area (Å²) in [5, 5.41) is 13.5. The normalized spacial score (nSPS) is 11.4. The highest BCUT2D eigenvalue weighted by atomic mass is 32.1. The molecule has 0 spiro atoms. The van der Waals surface area contributed by atoms with Gasteiger partial charge >= 0.3 is 5.97 Å². The number of anilines is 1. The summed E-state index contributed by atoms with van der Waals surface area (Å²) in [7, 11) is 1.57. The zero-order chi connectivity index (χ0) is 27.7. The molecule has 2 aromatic carbocycles. The lowest BCUT2D eigenvalue weighted by molar-refractivity contribution is -0.132. The fourth-order valence-electron chi connectivity index (χ4n) is 3.71. The summed E-state index contributed by atoms with van der Waals surface area (Å²) in [6, 6.07) is 7.34. The van der Waals surface area contributed by atoms with Crippen molar-refractivity contribution < 1.29 is 33.0 Å². The number of nitrogens with zero attached hydrogens (tertiary/aromatic N) is 1. The number of carbonyl (C=O) groups excluding carboxylic acids is 1. The van der Waals surface area contributed by atoms with E-state index in [4.69, 9.17) is 14.6 Å². The van der Waals surface area contributed by atoms with Crippen molar-refractivity contribution in [3.05, 3.63) is 69.6 Å². The Bertz CT molecular complexity index is 1300. The summed E-state index contributed by atoms with van der Waals surface area (Å²) in [5.74, 6) is -3.54. The molecule has 0 bridgehead atoms. The molecule has 0 unspecified atom stereocenters. The minimum atomic E-state index is -1.30. The highest BCUT2D eigenvalue weighted by Gasteiger charge is 2.18. The number of thiazole rings is 1. The number of aromatic nitrogens is 1. The van der Waals surface area contributed by atoms with E-state index in [-0.39, 0.29) is 16.3 Å². The van der Waals surface area contributed by atoms with Gasteiger partial charge in [0.15, 0.2) is 5.13 Å². The third-order valence-electron chi connectivity index (χ3n) is 5.74. The Morgan fingerprint density at radius 1 is 1.16 bits per heavy atom. The van der Waals surface area contributed by atoms with Crippen molar-refractivity contribution in [3.63, 3.8) is 0 Å². The van der Waals surface area contributed by atoms with E-state index >= 15 is 0 Å². The standard InChI is InChI=1S/C28H30F2N2O5S/c1-4-5-6-7-11-37-15-18-9-8-10-20(25(18)36-3)24-16-38-28(31-24)32-26(33)19-13-22(29)21(23(30)14-19)12-17(2)27(34)35/h8-10,12-14,16H,4-7,11,15H2,1-3H3,(H,34,35)(H,31,32,33). The average Bonchev–Trinajstić information content (AvgIpc) is 3.35. The third-order valence-corrected chi connectivity index (χ3v) is 6.50. The Morgan fingerprint density at radius 3 is 2.55 bits per heavy atom. The second-order valence-electron chi connectivity index (χ2n) is 8.59. The average molecular weight is 545 g/mol. The highest BCUT2D eigenvalue weighted by Crippen LogP contribution is 2.35. The quantitative estimate of drug-likeness (QED) is 0.179. The largest absolute Gasteiger partial charge is 0.496 e. The van der Waals surface area contributed by atoms with Crippen molar-refractivity contribution in [3.8, 4) is 17.0 Å². The van der Waals surface area contributed by atoms with Gasteiger partial charge in [0.05, 0.1) is 19.4 Å². The van der Waals surface area contributed by atoms with Crippen molar-refractivity contribution in [1.82, 2.24) is 4.98 Å². The number of hydrogen-bond acceptors (Lipinski definition) is 6. The molecule has 38 heavy (non-hydrogen) atoms. The van der Waals surface area contributed by atoms with E-state index in [0.717, 1.165) is 59.9 Å². The highest BCUT2D eigenvalue weighted by molar-refractivity contribution is 7.14. The van der Waals surface area contributed by atoms with E-state index in [1.165, 1.54) is 13.3 Å². The van der Waals surface area contributed by atoms with Crippen LogP contribution in [-0.2, 0) is 16.1 Å². The predicted molar refractivity (Wildman–Crippen MR) is 143 cm³/mol. The number of para-hydroxylation sites is 1. The zero-order valence-electron chi connectivity index (χ0n) is 21.5. The van der Waals surface area contributed by atoms with Gasteiger partial charge in [0.1, 0.15) is 17.4 Å². The molecule has 0 aliphatic rings. The Hall–Kier alpha value is -3.63. The number of ether oxygens (including phenoxy) is 2. The number of hydrogen-bond donors (Lipinski definition) is 2. The van der Waals surface area contributed by atoms with Gasteiger partial charge in [-0.25, -0.2) is 18.6 Å². The molecule has 3 rings (SSSR count). The minimum absolute atomic E-state index is 0.233. The molecule has 1 amide bonds. The van der Waals surface area contributed by atoms with Crippen molar-refractivity contribution >= 4 is 34.4 Å². The van der Waals surface area contributed by atoms with Gasteiger partial charge in [0.2, 0.25) is 0 Å². The van der Waals surface area contributed by atoms with Crippen LogP contribution in [0.15, 0.2) is 41.3 Å². The number of rotatable bonds is 13. The number of aliphatic carboxylic acids is 1. The molecule has 0 fully saturated rings. The van der Waals surface area contributed by atoms with Crippen molar-refractivity contribution in [2.45, 2.75) is 46.1 Å². The predicted octanol–water partition coefficient (Wildman–Crippen LogP) is 6.93. The Morgan fingerprint density at radius 2 is 1.89 bits per heavy atom. The molecular formula is C28H30F2N2O5S. The summed E-state index contributed by atoms with van der Waals surface area (Å²) in [4.78, 5) is 28.1. The zero-order valence-corrected chi connectivity index (χ0v) is 22.3. The first-order valence-corrected chi connectivity index (χ1v) is 13.0. The number of carboxylic acids is 1. The summed E-state index contributed by atoms with van der Waals surface area (Å²) >= 11 is 1.15. The first-order chi connectivity index (χ1) is 18.2. The Labute approximate surface area is 224 Å². The minimum Gasteiger partial charge on any atom is -0.496 e. The van der Waals surface area contributed by atoms with Crippen LogP contribution < -0.4 is 10.1 Å². The monoisotopic (exact) mass is 544 g/mol. The van der Waals surface area contributed by atoms with Crippen molar-refractivity contribution in [2.75, 3.05) is 19.0 Å². The maximum Gasteiger partial charge on any atom is 0.331 e. The van der Waals surface area contributed by atoms with Crippen LogP contribution in [0.4, 0.5) is 13.9 Å². The second-order valence-corrected chi connectivity index (χ2v) is 9.45. The number of carboxylic acid groups (broad SMARTS) is 1. The van der Waals surface area contributed by atoms with Gasteiger partial charge in [0.25, 0.3) is 5.91 Å². The molecule has 0 atom stereocenters. The third kappa shape index (κ3) is 7.45. The van der Waals surface area contributed by atoms with E-state index in [1.54, 1.807) is 12.5 Å². The molecule has 2 N–H and O–H groups in total. The summed E-state index contributed by atoms with van der Waals surface area (Å²) in [6.45, 7) is 4.44. The van der Waals surface area contributed by atoms with Gasteiger partial charge in [-0.1, -0.05) is 38.3 Å². The lowest BCUT2D eigenvalue weighted by Crippen LogP contribution is -2.13. The molecule has 0 saturated heterocycles. The van der Waals surface area contributed by atoms with Crippen LogP contribution >= 0.6 is 11.3 Å². The number of benzene rings is 2. The summed E-state index contributed by atoms with van der Waals surface area (Å²) in [6.07, 6.45) is 5.36. The topological polar surface area (TPSA) is 97.8 Å². The van der Waals surface area contributed by atoms with E-state index in [2.05, 4.69) is 17.2 Å². The first kappa shape index (κ1) is 28.9. The number of carbonyl (C=O) groups is 2. The number of halogens is 2. The SMILES string of the molecule is CCCCCCOCc1cccc(-c2csc(NC(=O)c3cc(F)c(C=C(C)C(=O)O)c(F)c3)n2)c1OC. The molecule has 0 radical (unpaired) electrons. The van der Waals surface area contributed by atoms with Gasteiger partial charge in [-0.2, -0.15) is 0 Å². The van der Waals surface area contributed by atoms with Crippen LogP contribution in [0.5, 0.6) is 5.75 Å². The van der Waals surface area contributed by atoms with Crippen LogP contribution in [0.3, 0.4) is 0 Å². The molecule has 0 aliphatic carbocycles. The molecule has 3 aromatic rings. The van der Waals surface area contributed by atoms with Crippen molar-refractivity contribution in [2.24, 2.45) is 0 Å². The molecule has 0 aliphatic heterocycles. The molecule has 0 saturated carbocycles. The summed E-state index contributed by atoms with van der Waals surface area (Å²) in [5.41, 5.74) is 1.12. The Balaban J connectivity index is 1.73. The fraction of sp³-hybridized carbons (Fsp3) is 0.321. The lowest BCUT2D eigenvalue weighted by Gasteiger charge is -2.13. The van der Waals surface area contributed by atoms with Crippen LogP contribution in [0.1, 0.15) is 61.0 Å². The van der Waals surface area contributed by atoms with Crippen LogP contribution in [0.2, 0.25) is 0 Å². The molecule has 7 nitrogen and oxygen atoms in total. The second kappa shape index (κ2) is 13.8. The molecule has 1 aromatic heterocycles. The number of nitrogens with one attached hydrogen (secondary N) is 1. The summed E-state index contributed by atoms with van der Waals surface area (Å²) < 4.78 is 40.4. The first-order valence-electron chi connectivity index (χ1n) is 12.2. The maximum absolute atomic E-state index is 14.5. The maximum atomic E-state index is 14.5. The molecular weight excluding hydrogens is 514 g/mol. The van der Waals surface area contributed by atoms with Gasteiger partial charge < -0.3 is 14.6 Å². The number of unbranched alkanes of at least 4 members (excludes halogenated alkanes) is 3. The van der Waals surface area contributed by atoms with E-state index in [1.807, 2.05) is 18.2 Å². The fourth-order valence-corrected chi connectivity index (χ4v) is 4.42. The lowest BCUT2D eigenvalue weighted by atomic mass is 10.1. The number of methoxy groups -OCH3 is 1. The smallest absolute Gasteiger partial charge is 0.331 e. The van der Waals surface area contributed by atoms with Crippen molar-refractivity contribution in [1.29, 1.82) is 0 Å². The van der Waals surface area contributed by atoms with Gasteiger partial charge in [-0.05, 0) is 37.6 Å². The molecule has 1 heterocycles. The number of amides is 1.